The van der Waals surface area contributed by atoms with Gasteiger partial charge in [0, 0.05) is 18.6 Å². The Balaban J connectivity index is 1.87. The van der Waals surface area contributed by atoms with Crippen LogP contribution in [0.1, 0.15) is 25.8 Å². The summed E-state index contributed by atoms with van der Waals surface area (Å²) in [5, 5.41) is 3.57. The lowest BCUT2D eigenvalue weighted by Crippen LogP contribution is -2.46. The summed E-state index contributed by atoms with van der Waals surface area (Å²) in [5.41, 5.74) is 1.41. The standard InChI is InChI=1S/C15H23FN2/c1-15(2)12-18(10-3-9-17-15)11-8-13-4-6-14(16)7-5-13/h4-7,17H,3,8-12H2,1-2H3. The van der Waals surface area contributed by atoms with E-state index in [1.165, 1.54) is 12.0 Å². The fourth-order valence-corrected chi connectivity index (χ4v) is 2.55. The number of nitrogens with zero attached hydrogens (tertiary/aromatic N) is 1. The lowest BCUT2D eigenvalue weighted by molar-refractivity contribution is 0.233. The molecule has 1 aliphatic rings. The van der Waals surface area contributed by atoms with E-state index in [1.54, 1.807) is 12.1 Å². The van der Waals surface area contributed by atoms with Crippen molar-refractivity contribution >= 4 is 0 Å². The van der Waals surface area contributed by atoms with Gasteiger partial charge in [-0.2, -0.15) is 0 Å². The molecule has 0 bridgehead atoms. The number of hydrogen-bond acceptors (Lipinski definition) is 2. The summed E-state index contributed by atoms with van der Waals surface area (Å²) in [7, 11) is 0. The minimum absolute atomic E-state index is 0.154. The molecule has 1 N–H and O–H groups in total. The molecule has 2 nitrogen and oxygen atoms in total. The van der Waals surface area contributed by atoms with Gasteiger partial charge in [-0.1, -0.05) is 12.1 Å². The van der Waals surface area contributed by atoms with E-state index in [0.717, 1.165) is 32.6 Å². The summed E-state index contributed by atoms with van der Waals surface area (Å²) < 4.78 is 12.8. The first-order valence-electron chi connectivity index (χ1n) is 6.77. The molecular formula is C15H23FN2. The highest BCUT2D eigenvalue weighted by molar-refractivity contribution is 5.16. The Kier molecular flexibility index (Phi) is 4.36. The van der Waals surface area contributed by atoms with Crippen LogP contribution in [0.15, 0.2) is 24.3 Å². The molecule has 1 aromatic carbocycles. The maximum Gasteiger partial charge on any atom is 0.123 e. The maximum atomic E-state index is 12.8. The van der Waals surface area contributed by atoms with Crippen molar-refractivity contribution in [1.29, 1.82) is 0 Å². The van der Waals surface area contributed by atoms with Gasteiger partial charge < -0.3 is 10.2 Å². The normalized spacial score (nSPS) is 20.6. The van der Waals surface area contributed by atoms with Crippen molar-refractivity contribution in [2.24, 2.45) is 0 Å². The molecule has 1 saturated heterocycles. The van der Waals surface area contributed by atoms with Crippen molar-refractivity contribution in [3.8, 4) is 0 Å². The summed E-state index contributed by atoms with van der Waals surface area (Å²) >= 11 is 0. The molecule has 1 aliphatic heterocycles. The molecule has 1 aromatic rings. The average Bonchev–Trinajstić information content (AvgIpc) is 2.49. The van der Waals surface area contributed by atoms with E-state index in [-0.39, 0.29) is 11.4 Å². The molecule has 0 aromatic heterocycles. The highest BCUT2D eigenvalue weighted by Gasteiger charge is 2.23. The van der Waals surface area contributed by atoms with Crippen molar-refractivity contribution < 1.29 is 4.39 Å². The largest absolute Gasteiger partial charge is 0.310 e. The molecule has 0 atom stereocenters. The van der Waals surface area contributed by atoms with Crippen LogP contribution < -0.4 is 5.32 Å². The zero-order valence-corrected chi connectivity index (χ0v) is 11.4. The van der Waals surface area contributed by atoms with Crippen LogP contribution >= 0.6 is 0 Å². The molecule has 18 heavy (non-hydrogen) atoms. The van der Waals surface area contributed by atoms with E-state index in [9.17, 15) is 4.39 Å². The van der Waals surface area contributed by atoms with Crippen molar-refractivity contribution in [2.45, 2.75) is 32.2 Å². The van der Waals surface area contributed by atoms with E-state index < -0.39 is 0 Å². The van der Waals surface area contributed by atoms with Gasteiger partial charge >= 0.3 is 0 Å². The smallest absolute Gasteiger partial charge is 0.123 e. The Morgan fingerprint density at radius 3 is 2.72 bits per heavy atom. The van der Waals surface area contributed by atoms with Crippen LogP contribution in [0.25, 0.3) is 0 Å². The topological polar surface area (TPSA) is 15.3 Å². The summed E-state index contributed by atoms with van der Waals surface area (Å²) in [5.74, 6) is -0.154. The molecule has 0 spiro atoms. The molecular weight excluding hydrogens is 227 g/mol. The van der Waals surface area contributed by atoms with Crippen LogP contribution in [0.2, 0.25) is 0 Å². The Morgan fingerprint density at radius 2 is 2.00 bits per heavy atom. The summed E-state index contributed by atoms with van der Waals surface area (Å²) in [6.45, 7) is 8.88. The van der Waals surface area contributed by atoms with Crippen molar-refractivity contribution in [3.63, 3.8) is 0 Å². The van der Waals surface area contributed by atoms with E-state index in [1.807, 2.05) is 12.1 Å². The molecule has 1 heterocycles. The van der Waals surface area contributed by atoms with Crippen LogP contribution in [-0.2, 0) is 6.42 Å². The van der Waals surface area contributed by atoms with Crippen LogP contribution in [0.3, 0.4) is 0 Å². The Bertz CT molecular complexity index is 373. The predicted octanol–water partition coefficient (Wildman–Crippen LogP) is 2.44. The summed E-state index contributed by atoms with van der Waals surface area (Å²) in [6.07, 6.45) is 2.20. The van der Waals surface area contributed by atoms with Gasteiger partial charge in [0.15, 0.2) is 0 Å². The monoisotopic (exact) mass is 250 g/mol. The van der Waals surface area contributed by atoms with E-state index in [0.29, 0.717) is 0 Å². The minimum Gasteiger partial charge on any atom is -0.310 e. The number of halogens is 1. The number of rotatable bonds is 3. The highest BCUT2D eigenvalue weighted by Crippen LogP contribution is 2.11. The lowest BCUT2D eigenvalue weighted by Gasteiger charge is -2.30. The third-order valence-corrected chi connectivity index (χ3v) is 3.50. The van der Waals surface area contributed by atoms with Crippen LogP contribution in [0.5, 0.6) is 0 Å². The van der Waals surface area contributed by atoms with Crippen LogP contribution in [0.4, 0.5) is 4.39 Å². The zero-order chi connectivity index (χ0) is 13.0. The number of nitrogens with one attached hydrogen (secondary N) is 1. The predicted molar refractivity (Wildman–Crippen MR) is 73.2 cm³/mol. The second-order valence-corrected chi connectivity index (χ2v) is 5.82. The lowest BCUT2D eigenvalue weighted by atomic mass is 10.1. The molecule has 0 radical (unpaired) electrons. The Labute approximate surface area is 109 Å². The first kappa shape index (κ1) is 13.5. The van der Waals surface area contributed by atoms with E-state index in [4.69, 9.17) is 0 Å². The summed E-state index contributed by atoms with van der Waals surface area (Å²) in [4.78, 5) is 2.50. The number of benzene rings is 1. The second kappa shape index (κ2) is 5.81. The quantitative estimate of drug-likeness (QED) is 0.886. The van der Waals surface area contributed by atoms with Crippen molar-refractivity contribution in [2.75, 3.05) is 26.2 Å². The van der Waals surface area contributed by atoms with E-state index >= 15 is 0 Å². The van der Waals surface area contributed by atoms with Gasteiger partial charge in [-0.3, -0.25) is 0 Å². The van der Waals surface area contributed by atoms with Gasteiger partial charge in [0.2, 0.25) is 0 Å². The zero-order valence-electron chi connectivity index (χ0n) is 11.4. The first-order valence-corrected chi connectivity index (χ1v) is 6.77. The summed E-state index contributed by atoms with van der Waals surface area (Å²) in [6, 6.07) is 6.86. The van der Waals surface area contributed by atoms with Crippen molar-refractivity contribution in [1.82, 2.24) is 10.2 Å². The Hall–Kier alpha value is -0.930. The van der Waals surface area contributed by atoms with Gasteiger partial charge in [-0.25, -0.2) is 4.39 Å². The average molecular weight is 250 g/mol. The molecule has 1 fully saturated rings. The van der Waals surface area contributed by atoms with Crippen molar-refractivity contribution in [3.05, 3.63) is 35.6 Å². The number of hydrogen-bond donors (Lipinski definition) is 1. The molecule has 100 valence electrons. The fraction of sp³-hybridized carbons (Fsp3) is 0.600. The van der Waals surface area contributed by atoms with Crippen LogP contribution in [-0.4, -0.2) is 36.6 Å². The molecule has 0 aliphatic carbocycles. The maximum absolute atomic E-state index is 12.8. The Morgan fingerprint density at radius 1 is 1.28 bits per heavy atom. The SMILES string of the molecule is CC1(C)CN(CCc2ccc(F)cc2)CCCN1. The third-order valence-electron chi connectivity index (χ3n) is 3.50. The van der Waals surface area contributed by atoms with Gasteiger partial charge in [-0.15, -0.1) is 0 Å². The van der Waals surface area contributed by atoms with E-state index in [2.05, 4.69) is 24.1 Å². The highest BCUT2D eigenvalue weighted by atomic mass is 19.1. The van der Waals surface area contributed by atoms with Gasteiger partial charge in [-0.05, 0) is 57.5 Å². The fourth-order valence-electron chi connectivity index (χ4n) is 2.55. The third kappa shape index (κ3) is 4.07. The first-order chi connectivity index (χ1) is 8.55. The molecule has 0 unspecified atom stereocenters. The van der Waals surface area contributed by atoms with Gasteiger partial charge in [0.05, 0.1) is 0 Å². The molecule has 3 heteroatoms. The molecule has 0 saturated carbocycles. The molecule has 0 amide bonds. The molecule has 2 rings (SSSR count). The van der Waals surface area contributed by atoms with Crippen LogP contribution in [0, 0.1) is 5.82 Å². The van der Waals surface area contributed by atoms with Gasteiger partial charge in [0.1, 0.15) is 5.82 Å². The second-order valence-electron chi connectivity index (χ2n) is 5.82. The minimum atomic E-state index is -0.154. The van der Waals surface area contributed by atoms with Gasteiger partial charge in [0.25, 0.3) is 0 Å².